The molecular formula is C15H13NO2. The van der Waals surface area contributed by atoms with Crippen LogP contribution >= 0.6 is 0 Å². The summed E-state index contributed by atoms with van der Waals surface area (Å²) in [6.07, 6.45) is 1.55. The van der Waals surface area contributed by atoms with Crippen molar-refractivity contribution < 1.29 is 9.53 Å². The van der Waals surface area contributed by atoms with Crippen molar-refractivity contribution in [3.63, 3.8) is 0 Å². The third-order valence-corrected chi connectivity index (χ3v) is 2.47. The number of rotatable bonds is 3. The number of amides is 1. The molecule has 0 aliphatic carbocycles. The van der Waals surface area contributed by atoms with Gasteiger partial charge in [-0.25, -0.2) is 4.99 Å². The van der Waals surface area contributed by atoms with Crippen LogP contribution in [0.15, 0.2) is 59.6 Å². The third-order valence-electron chi connectivity index (χ3n) is 2.47. The Bertz CT molecular complexity index is 562. The maximum absolute atomic E-state index is 11.9. The minimum atomic E-state index is -0.309. The average Bonchev–Trinajstić information content (AvgIpc) is 2.45. The minimum Gasteiger partial charge on any atom is -0.496 e. The molecular weight excluding hydrogens is 226 g/mol. The van der Waals surface area contributed by atoms with Gasteiger partial charge in [0.05, 0.1) is 12.7 Å². The lowest BCUT2D eigenvalue weighted by atomic mass is 10.2. The van der Waals surface area contributed by atoms with Gasteiger partial charge in [0.25, 0.3) is 5.91 Å². The molecule has 0 aliphatic rings. The fraction of sp³-hybridized carbons (Fsp3) is 0.0667. The molecule has 0 heterocycles. The maximum atomic E-state index is 11.9. The molecule has 2 aromatic carbocycles. The van der Waals surface area contributed by atoms with E-state index in [1.54, 1.807) is 24.4 Å². The van der Waals surface area contributed by atoms with Crippen molar-refractivity contribution in [2.75, 3.05) is 7.11 Å². The first-order valence-corrected chi connectivity index (χ1v) is 5.58. The van der Waals surface area contributed by atoms with Crippen molar-refractivity contribution in [2.45, 2.75) is 0 Å². The molecule has 0 bridgehead atoms. The van der Waals surface area contributed by atoms with Crippen LogP contribution in [0.2, 0.25) is 0 Å². The highest BCUT2D eigenvalue weighted by atomic mass is 16.5. The number of benzene rings is 2. The molecule has 2 rings (SSSR count). The normalized spacial score (nSPS) is 10.5. The number of para-hydroxylation sites is 1. The van der Waals surface area contributed by atoms with Gasteiger partial charge < -0.3 is 4.74 Å². The lowest BCUT2D eigenvalue weighted by Crippen LogP contribution is -1.99. The molecule has 0 atom stereocenters. The van der Waals surface area contributed by atoms with Crippen LogP contribution in [0.1, 0.15) is 15.9 Å². The maximum Gasteiger partial charge on any atom is 0.280 e. The first kappa shape index (κ1) is 12.0. The number of carbonyl (C=O) groups excluding carboxylic acids is 1. The van der Waals surface area contributed by atoms with Crippen LogP contribution in [-0.4, -0.2) is 19.2 Å². The highest BCUT2D eigenvalue weighted by Gasteiger charge is 2.09. The Kier molecular flexibility index (Phi) is 3.86. The fourth-order valence-corrected chi connectivity index (χ4v) is 1.56. The fourth-order valence-electron chi connectivity index (χ4n) is 1.56. The number of nitrogens with zero attached hydrogens (tertiary/aromatic N) is 1. The number of hydrogen-bond donors (Lipinski definition) is 0. The Morgan fingerprint density at radius 3 is 2.44 bits per heavy atom. The molecule has 18 heavy (non-hydrogen) atoms. The van der Waals surface area contributed by atoms with Gasteiger partial charge in [0.1, 0.15) is 5.75 Å². The van der Waals surface area contributed by atoms with Crippen molar-refractivity contribution >= 4 is 12.1 Å². The molecule has 0 unspecified atom stereocenters. The Hall–Kier alpha value is -2.42. The molecule has 0 fully saturated rings. The lowest BCUT2D eigenvalue weighted by Gasteiger charge is -2.03. The molecule has 0 saturated heterocycles. The topological polar surface area (TPSA) is 38.7 Å². The van der Waals surface area contributed by atoms with Crippen LogP contribution in [0.4, 0.5) is 0 Å². The van der Waals surface area contributed by atoms with E-state index in [4.69, 9.17) is 4.74 Å². The number of ether oxygens (including phenoxy) is 1. The van der Waals surface area contributed by atoms with E-state index in [1.807, 2.05) is 36.4 Å². The molecule has 90 valence electrons. The zero-order valence-corrected chi connectivity index (χ0v) is 10.0. The molecule has 2 aromatic rings. The first-order valence-electron chi connectivity index (χ1n) is 5.58. The lowest BCUT2D eigenvalue weighted by molar-refractivity contribution is 0.100. The van der Waals surface area contributed by atoms with Crippen LogP contribution in [0.3, 0.4) is 0 Å². The summed E-state index contributed by atoms with van der Waals surface area (Å²) in [5.74, 6) is 0.226. The number of hydrogen-bond acceptors (Lipinski definition) is 2. The van der Waals surface area contributed by atoms with Crippen molar-refractivity contribution in [3.8, 4) is 5.75 Å². The Morgan fingerprint density at radius 1 is 1.06 bits per heavy atom. The van der Waals surface area contributed by atoms with E-state index >= 15 is 0 Å². The molecule has 0 aromatic heterocycles. The summed E-state index contributed by atoms with van der Waals surface area (Å²) in [7, 11) is 1.53. The van der Waals surface area contributed by atoms with E-state index in [0.29, 0.717) is 11.3 Å². The van der Waals surface area contributed by atoms with Crippen molar-refractivity contribution in [1.29, 1.82) is 0 Å². The molecule has 0 saturated carbocycles. The van der Waals surface area contributed by atoms with Crippen LogP contribution < -0.4 is 4.74 Å². The SMILES string of the molecule is COc1ccccc1C(=O)N=Cc1ccccc1. The van der Waals surface area contributed by atoms with Gasteiger partial charge in [0.2, 0.25) is 0 Å². The van der Waals surface area contributed by atoms with Crippen molar-refractivity contribution in [3.05, 3.63) is 65.7 Å². The predicted octanol–water partition coefficient (Wildman–Crippen LogP) is 2.95. The van der Waals surface area contributed by atoms with E-state index in [9.17, 15) is 4.79 Å². The zero-order valence-electron chi connectivity index (χ0n) is 10.0. The summed E-state index contributed by atoms with van der Waals surface area (Å²) < 4.78 is 5.12. The average molecular weight is 239 g/mol. The monoisotopic (exact) mass is 239 g/mol. The van der Waals surface area contributed by atoms with Gasteiger partial charge in [0.15, 0.2) is 0 Å². The smallest absolute Gasteiger partial charge is 0.280 e. The van der Waals surface area contributed by atoms with Crippen LogP contribution in [-0.2, 0) is 0 Å². The second kappa shape index (κ2) is 5.77. The molecule has 3 nitrogen and oxygen atoms in total. The van der Waals surface area contributed by atoms with Crippen LogP contribution in [0.25, 0.3) is 0 Å². The molecule has 1 amide bonds. The Balaban J connectivity index is 2.20. The van der Waals surface area contributed by atoms with Gasteiger partial charge in [0, 0.05) is 6.21 Å². The molecule has 0 N–H and O–H groups in total. The first-order chi connectivity index (χ1) is 8.81. The van der Waals surface area contributed by atoms with Crippen molar-refractivity contribution in [2.24, 2.45) is 4.99 Å². The number of aliphatic imine (C=N–C) groups is 1. The molecule has 0 radical (unpaired) electrons. The van der Waals surface area contributed by atoms with Crippen LogP contribution in [0.5, 0.6) is 5.75 Å². The van der Waals surface area contributed by atoms with Gasteiger partial charge in [-0.05, 0) is 17.7 Å². The van der Waals surface area contributed by atoms with Gasteiger partial charge in [-0.3, -0.25) is 4.79 Å². The summed E-state index contributed by atoms with van der Waals surface area (Å²) in [5, 5.41) is 0. The summed E-state index contributed by atoms with van der Waals surface area (Å²) in [6.45, 7) is 0. The highest BCUT2D eigenvalue weighted by Crippen LogP contribution is 2.17. The molecule has 0 spiro atoms. The molecule has 3 heteroatoms. The van der Waals surface area contributed by atoms with E-state index in [-0.39, 0.29) is 5.91 Å². The standard InChI is InChI=1S/C15H13NO2/c1-18-14-10-6-5-9-13(14)15(17)16-11-12-7-3-2-4-8-12/h2-11H,1H3. The Labute approximate surface area is 106 Å². The second-order valence-electron chi connectivity index (χ2n) is 3.67. The summed E-state index contributed by atoms with van der Waals surface area (Å²) >= 11 is 0. The third kappa shape index (κ3) is 2.83. The van der Waals surface area contributed by atoms with Gasteiger partial charge in [-0.2, -0.15) is 0 Å². The van der Waals surface area contributed by atoms with E-state index in [2.05, 4.69) is 4.99 Å². The largest absolute Gasteiger partial charge is 0.496 e. The van der Waals surface area contributed by atoms with Gasteiger partial charge in [-0.1, -0.05) is 42.5 Å². The number of carbonyl (C=O) groups is 1. The van der Waals surface area contributed by atoms with E-state index < -0.39 is 0 Å². The summed E-state index contributed by atoms with van der Waals surface area (Å²) in [4.78, 5) is 15.8. The highest BCUT2D eigenvalue weighted by molar-refractivity contribution is 6.03. The zero-order chi connectivity index (χ0) is 12.8. The van der Waals surface area contributed by atoms with Crippen molar-refractivity contribution in [1.82, 2.24) is 0 Å². The van der Waals surface area contributed by atoms with E-state index in [1.165, 1.54) is 7.11 Å². The quantitative estimate of drug-likeness (QED) is 0.772. The van der Waals surface area contributed by atoms with Gasteiger partial charge >= 0.3 is 0 Å². The van der Waals surface area contributed by atoms with Crippen LogP contribution in [0, 0.1) is 0 Å². The summed E-state index contributed by atoms with van der Waals surface area (Å²) in [5.41, 5.74) is 1.35. The van der Waals surface area contributed by atoms with E-state index in [0.717, 1.165) is 5.56 Å². The van der Waals surface area contributed by atoms with Gasteiger partial charge in [-0.15, -0.1) is 0 Å². The Morgan fingerprint density at radius 2 is 1.72 bits per heavy atom. The predicted molar refractivity (Wildman–Crippen MR) is 71.4 cm³/mol. The number of methoxy groups -OCH3 is 1. The molecule has 0 aliphatic heterocycles. The minimum absolute atomic E-state index is 0.309. The second-order valence-corrected chi connectivity index (χ2v) is 3.67. The summed E-state index contributed by atoms with van der Waals surface area (Å²) in [6, 6.07) is 16.5.